The maximum atomic E-state index is 9.85. The van der Waals surface area contributed by atoms with E-state index in [1.54, 1.807) is 0 Å². The average Bonchev–Trinajstić information content (AvgIpc) is 2.27. The van der Waals surface area contributed by atoms with Crippen LogP contribution in [-0.4, -0.2) is 39.4 Å². The molecule has 0 bridgehead atoms. The molecule has 6 heteroatoms. The fraction of sp³-hybridized carbons (Fsp3) is 0.857. The van der Waals surface area contributed by atoms with Gasteiger partial charge < -0.3 is 21.1 Å². The van der Waals surface area contributed by atoms with Crippen molar-refractivity contribution in [3.8, 4) is 0 Å². The third kappa shape index (κ3) is 7.45. The van der Waals surface area contributed by atoms with Crippen molar-refractivity contribution in [2.45, 2.75) is 58.6 Å². The number of carboxylic acids is 2. The van der Waals surface area contributed by atoms with E-state index < -0.39 is 24.4 Å². The molecule has 1 rings (SSSR count). The largest absolute Gasteiger partial charge is 0.481 e. The van der Waals surface area contributed by atoms with Crippen LogP contribution in [-0.2, 0) is 9.59 Å². The van der Waals surface area contributed by atoms with Crippen molar-refractivity contribution in [3.05, 3.63) is 0 Å². The van der Waals surface area contributed by atoms with Crippen LogP contribution in [0.15, 0.2) is 0 Å². The number of aliphatic hydroxyl groups excluding tert-OH is 1. The summed E-state index contributed by atoms with van der Waals surface area (Å²) in [6, 6.07) is -1.29. The van der Waals surface area contributed by atoms with Gasteiger partial charge in [-0.2, -0.15) is 0 Å². The number of carbonyl (C=O) groups is 2. The van der Waals surface area contributed by atoms with E-state index in [9.17, 15) is 14.7 Å². The predicted octanol–water partition coefficient (Wildman–Crippen LogP) is 1.31. The highest BCUT2D eigenvalue weighted by Gasteiger charge is 2.28. The van der Waals surface area contributed by atoms with Gasteiger partial charge in [-0.3, -0.25) is 9.59 Å². The van der Waals surface area contributed by atoms with E-state index in [2.05, 4.69) is 20.8 Å². The second-order valence-corrected chi connectivity index (χ2v) is 5.94. The third-order valence-corrected chi connectivity index (χ3v) is 3.70. The summed E-state index contributed by atoms with van der Waals surface area (Å²) in [6.07, 6.45) is 2.98. The van der Waals surface area contributed by atoms with Gasteiger partial charge in [-0.1, -0.05) is 27.2 Å². The van der Waals surface area contributed by atoms with Crippen molar-refractivity contribution in [1.29, 1.82) is 0 Å². The van der Waals surface area contributed by atoms with Gasteiger partial charge in [0.15, 0.2) is 0 Å². The van der Waals surface area contributed by atoms with Crippen molar-refractivity contribution in [2.24, 2.45) is 23.5 Å². The molecule has 1 fully saturated rings. The van der Waals surface area contributed by atoms with E-state index in [0.717, 1.165) is 12.3 Å². The first kappa shape index (κ1) is 18.9. The highest BCUT2D eigenvalue weighted by Crippen LogP contribution is 2.33. The number of hydrogen-bond donors (Lipinski definition) is 4. The molecule has 118 valence electrons. The highest BCUT2D eigenvalue weighted by molar-refractivity contribution is 5.80. The molecule has 0 aromatic rings. The lowest BCUT2D eigenvalue weighted by atomic mass is 9.75. The molecule has 0 saturated heterocycles. The van der Waals surface area contributed by atoms with Gasteiger partial charge in [-0.05, 0) is 30.6 Å². The Hall–Kier alpha value is -1.14. The average molecular weight is 289 g/mol. The summed E-state index contributed by atoms with van der Waals surface area (Å²) in [7, 11) is 0. The van der Waals surface area contributed by atoms with Gasteiger partial charge in [-0.15, -0.1) is 0 Å². The minimum Gasteiger partial charge on any atom is -0.481 e. The Kier molecular flexibility index (Phi) is 8.41. The van der Waals surface area contributed by atoms with Crippen LogP contribution in [0.3, 0.4) is 0 Å². The zero-order valence-corrected chi connectivity index (χ0v) is 12.5. The van der Waals surface area contributed by atoms with Crippen LogP contribution in [0.5, 0.6) is 0 Å². The van der Waals surface area contributed by atoms with Crippen molar-refractivity contribution >= 4 is 11.9 Å². The number of nitrogens with two attached hydrogens (primary N) is 1. The molecule has 6 nitrogen and oxygen atoms in total. The topological polar surface area (TPSA) is 121 Å². The molecule has 0 spiro atoms. The summed E-state index contributed by atoms with van der Waals surface area (Å²) in [6.45, 7) is 6.66. The number of aliphatic hydroxyl groups is 1. The van der Waals surface area contributed by atoms with Crippen LogP contribution in [0.25, 0.3) is 0 Å². The maximum absolute atomic E-state index is 9.85. The molecule has 1 aliphatic carbocycles. The molecule has 3 unspecified atom stereocenters. The molecule has 0 amide bonds. The Balaban J connectivity index is 0.000000370. The van der Waals surface area contributed by atoms with Gasteiger partial charge in [-0.25, -0.2) is 0 Å². The van der Waals surface area contributed by atoms with Gasteiger partial charge in [0.1, 0.15) is 6.04 Å². The monoisotopic (exact) mass is 289 g/mol. The molecule has 0 radical (unpaired) electrons. The van der Waals surface area contributed by atoms with Crippen molar-refractivity contribution in [2.75, 3.05) is 0 Å². The van der Waals surface area contributed by atoms with E-state index in [1.165, 1.54) is 12.8 Å². The number of hydrogen-bond acceptors (Lipinski definition) is 4. The Labute approximate surface area is 120 Å². The predicted molar refractivity (Wildman–Crippen MR) is 75.2 cm³/mol. The van der Waals surface area contributed by atoms with Gasteiger partial charge in [0.05, 0.1) is 12.5 Å². The Morgan fingerprint density at radius 1 is 1.25 bits per heavy atom. The molecule has 4 atom stereocenters. The molecular formula is C14H27NO5. The summed E-state index contributed by atoms with van der Waals surface area (Å²) < 4.78 is 0. The summed E-state index contributed by atoms with van der Waals surface area (Å²) in [5.74, 6) is -0.550. The maximum Gasteiger partial charge on any atom is 0.321 e. The minimum absolute atomic E-state index is 0.0289. The Morgan fingerprint density at radius 2 is 1.80 bits per heavy atom. The van der Waals surface area contributed by atoms with Crippen LogP contribution in [0, 0.1) is 17.8 Å². The molecule has 20 heavy (non-hydrogen) atoms. The number of carboxylic acid groups (broad SMARTS) is 2. The number of rotatable bonds is 4. The fourth-order valence-corrected chi connectivity index (χ4v) is 2.43. The van der Waals surface area contributed by atoms with E-state index in [4.69, 9.17) is 15.9 Å². The van der Waals surface area contributed by atoms with Gasteiger partial charge in [0, 0.05) is 0 Å². The second kappa shape index (κ2) is 8.92. The molecule has 0 aromatic carbocycles. The molecule has 0 aromatic heterocycles. The molecule has 1 saturated carbocycles. The van der Waals surface area contributed by atoms with E-state index >= 15 is 0 Å². The molecule has 0 heterocycles. The van der Waals surface area contributed by atoms with Crippen LogP contribution in [0.4, 0.5) is 0 Å². The third-order valence-electron chi connectivity index (χ3n) is 3.70. The van der Waals surface area contributed by atoms with Crippen LogP contribution in [0.1, 0.15) is 46.5 Å². The summed E-state index contributed by atoms with van der Waals surface area (Å²) >= 11 is 0. The van der Waals surface area contributed by atoms with Crippen molar-refractivity contribution < 1.29 is 24.9 Å². The van der Waals surface area contributed by atoms with Crippen LogP contribution >= 0.6 is 0 Å². The smallest absolute Gasteiger partial charge is 0.321 e. The highest BCUT2D eigenvalue weighted by atomic mass is 16.4. The normalized spacial score (nSPS) is 27.4. The van der Waals surface area contributed by atoms with Gasteiger partial charge in [0.25, 0.3) is 0 Å². The summed E-state index contributed by atoms with van der Waals surface area (Å²) in [4.78, 5) is 19.6. The lowest BCUT2D eigenvalue weighted by Gasteiger charge is -2.33. The molecular weight excluding hydrogens is 262 g/mol. The Morgan fingerprint density at radius 3 is 2.10 bits per heavy atom. The second-order valence-electron chi connectivity index (χ2n) is 5.94. The first-order chi connectivity index (χ1) is 9.15. The Bertz CT molecular complexity index is 319. The zero-order valence-electron chi connectivity index (χ0n) is 12.5. The van der Waals surface area contributed by atoms with E-state index in [0.29, 0.717) is 11.8 Å². The lowest BCUT2D eigenvalue weighted by Crippen LogP contribution is -2.32. The fourth-order valence-electron chi connectivity index (χ4n) is 2.43. The SMILES string of the molecule is CC1CCC(C(C)C)C(O)C1.N[C@@H](CC(=O)O)C(=O)O. The summed E-state index contributed by atoms with van der Waals surface area (Å²) in [5.41, 5.74) is 4.84. The summed E-state index contributed by atoms with van der Waals surface area (Å²) in [5, 5.41) is 25.7. The van der Waals surface area contributed by atoms with Crippen molar-refractivity contribution in [3.63, 3.8) is 0 Å². The van der Waals surface area contributed by atoms with E-state index in [1.807, 2.05) is 0 Å². The zero-order chi connectivity index (χ0) is 15.9. The minimum atomic E-state index is -1.29. The molecule has 5 N–H and O–H groups in total. The lowest BCUT2D eigenvalue weighted by molar-refractivity contribution is -0.144. The van der Waals surface area contributed by atoms with Crippen LogP contribution < -0.4 is 5.73 Å². The first-order valence-electron chi connectivity index (χ1n) is 7.03. The quantitative estimate of drug-likeness (QED) is 0.619. The van der Waals surface area contributed by atoms with Crippen molar-refractivity contribution in [1.82, 2.24) is 0 Å². The standard InChI is InChI=1S/C10H20O.C4H7NO4/c1-7(2)9-5-4-8(3)6-10(9)11;5-2(4(8)9)1-3(6)7/h7-11H,4-6H2,1-3H3;2H,1,5H2,(H,6,7)(H,8,9)/t;2-/m.0/s1. The van der Waals surface area contributed by atoms with Crippen LogP contribution in [0.2, 0.25) is 0 Å². The van der Waals surface area contributed by atoms with E-state index in [-0.39, 0.29) is 6.10 Å². The number of aliphatic carboxylic acids is 2. The molecule has 0 aliphatic heterocycles. The van der Waals surface area contributed by atoms with Gasteiger partial charge in [0.2, 0.25) is 0 Å². The first-order valence-corrected chi connectivity index (χ1v) is 7.03. The van der Waals surface area contributed by atoms with Gasteiger partial charge >= 0.3 is 11.9 Å². The molecule has 1 aliphatic rings.